The summed E-state index contributed by atoms with van der Waals surface area (Å²) in [5.41, 5.74) is 10.4. The summed E-state index contributed by atoms with van der Waals surface area (Å²) >= 11 is 0. The average molecular weight is 689 g/mol. The van der Waals surface area contributed by atoms with Crippen LogP contribution in [-0.2, 0) is 0 Å². The van der Waals surface area contributed by atoms with Crippen LogP contribution in [0.3, 0.4) is 0 Å². The molecule has 0 spiro atoms. The number of rotatable bonds is 6. The van der Waals surface area contributed by atoms with Crippen LogP contribution in [0.4, 0.5) is 0 Å². The lowest BCUT2D eigenvalue weighted by atomic mass is 9.92. The van der Waals surface area contributed by atoms with Crippen LogP contribution in [-0.4, -0.2) is 19.9 Å². The van der Waals surface area contributed by atoms with E-state index < -0.39 is 0 Å². The first kappa shape index (κ1) is 31.4. The molecule has 4 heteroatoms. The van der Waals surface area contributed by atoms with E-state index in [0.717, 1.165) is 50.0 Å². The van der Waals surface area contributed by atoms with Crippen molar-refractivity contribution < 1.29 is 0 Å². The Balaban J connectivity index is 1.10. The molecular weight excluding hydrogens is 657 g/mol. The minimum absolute atomic E-state index is 0.638. The molecule has 10 rings (SSSR count). The smallest absolute Gasteiger partial charge is 0.164 e. The van der Waals surface area contributed by atoms with Gasteiger partial charge >= 0.3 is 0 Å². The van der Waals surface area contributed by atoms with Gasteiger partial charge in [0.1, 0.15) is 0 Å². The second-order valence-electron chi connectivity index (χ2n) is 13.5. The predicted octanol–water partition coefficient (Wildman–Crippen LogP) is 12.7. The highest BCUT2D eigenvalue weighted by Crippen LogP contribution is 2.39. The third kappa shape index (κ3) is 5.86. The maximum absolute atomic E-state index is 5.23. The number of benzene rings is 8. The van der Waals surface area contributed by atoms with Gasteiger partial charge in [0.2, 0.25) is 0 Å². The van der Waals surface area contributed by atoms with Crippen molar-refractivity contribution in [3.05, 3.63) is 194 Å². The van der Waals surface area contributed by atoms with Gasteiger partial charge < -0.3 is 0 Å². The first-order valence-electron chi connectivity index (χ1n) is 18.1. The SMILES string of the molecule is c1ccc(-c2cc(-c3ccc4ccccc4c3)c3c(ccc4ccc(-c5ccc(-c6nc(-c7ccccc7)nc(-c7ccccc7)n6)cc5)cc43)n2)cc1. The second-order valence-corrected chi connectivity index (χ2v) is 13.5. The number of aromatic nitrogens is 4. The quantitative estimate of drug-likeness (QED) is 0.163. The van der Waals surface area contributed by atoms with Crippen molar-refractivity contribution in [2.45, 2.75) is 0 Å². The molecule has 10 aromatic rings. The zero-order chi connectivity index (χ0) is 35.8. The number of hydrogen-bond acceptors (Lipinski definition) is 4. The van der Waals surface area contributed by atoms with Crippen LogP contribution < -0.4 is 0 Å². The molecule has 0 fully saturated rings. The Morgan fingerprint density at radius 3 is 1.41 bits per heavy atom. The van der Waals surface area contributed by atoms with Crippen molar-refractivity contribution in [2.24, 2.45) is 0 Å². The van der Waals surface area contributed by atoms with Gasteiger partial charge in [-0.25, -0.2) is 19.9 Å². The molecule has 0 radical (unpaired) electrons. The number of nitrogens with zero attached hydrogens (tertiary/aromatic N) is 4. The standard InChI is InChI=1S/C50H32N4/c1-4-13-36(14-5-1)46-32-44(42-27-22-33-12-10-11-19-40(33)30-42)47-43-31-41(26-23-35(43)28-29-45(47)51-46)34-20-24-39(25-21-34)50-53-48(37-15-6-2-7-16-37)52-49(54-50)38-17-8-3-9-18-38/h1-32H. The Bertz CT molecular complexity index is 2900. The van der Waals surface area contributed by atoms with Crippen molar-refractivity contribution in [2.75, 3.05) is 0 Å². The minimum atomic E-state index is 0.638. The third-order valence-corrected chi connectivity index (χ3v) is 10.1. The van der Waals surface area contributed by atoms with Crippen LogP contribution in [0.15, 0.2) is 194 Å². The monoisotopic (exact) mass is 688 g/mol. The van der Waals surface area contributed by atoms with Crippen molar-refractivity contribution in [3.8, 4) is 67.7 Å². The molecular formula is C50H32N4. The molecule has 8 aromatic carbocycles. The maximum Gasteiger partial charge on any atom is 0.164 e. The molecule has 0 amide bonds. The average Bonchev–Trinajstić information content (AvgIpc) is 3.26. The molecule has 0 aliphatic heterocycles. The molecule has 0 aliphatic rings. The van der Waals surface area contributed by atoms with Gasteiger partial charge in [-0.3, -0.25) is 0 Å². The van der Waals surface area contributed by atoms with Crippen LogP contribution in [0, 0.1) is 0 Å². The zero-order valence-electron chi connectivity index (χ0n) is 29.3. The van der Waals surface area contributed by atoms with E-state index in [1.807, 2.05) is 66.7 Å². The van der Waals surface area contributed by atoms with Crippen LogP contribution in [0.1, 0.15) is 0 Å². The molecule has 2 aromatic heterocycles. The zero-order valence-corrected chi connectivity index (χ0v) is 29.3. The molecule has 0 atom stereocenters. The van der Waals surface area contributed by atoms with E-state index in [-0.39, 0.29) is 0 Å². The van der Waals surface area contributed by atoms with E-state index in [4.69, 9.17) is 19.9 Å². The summed E-state index contributed by atoms with van der Waals surface area (Å²) in [7, 11) is 0. The van der Waals surface area contributed by atoms with E-state index in [0.29, 0.717) is 17.5 Å². The highest BCUT2D eigenvalue weighted by atomic mass is 15.0. The fourth-order valence-corrected chi connectivity index (χ4v) is 7.33. The van der Waals surface area contributed by atoms with Gasteiger partial charge in [-0.2, -0.15) is 0 Å². The highest BCUT2D eigenvalue weighted by Gasteiger charge is 2.16. The molecule has 252 valence electrons. The van der Waals surface area contributed by atoms with E-state index in [1.54, 1.807) is 0 Å². The van der Waals surface area contributed by atoms with Crippen molar-refractivity contribution in [1.82, 2.24) is 19.9 Å². The van der Waals surface area contributed by atoms with Gasteiger partial charge in [0, 0.05) is 27.6 Å². The van der Waals surface area contributed by atoms with E-state index in [2.05, 4.69) is 127 Å². The van der Waals surface area contributed by atoms with E-state index in [1.165, 1.54) is 32.7 Å². The molecule has 4 nitrogen and oxygen atoms in total. The molecule has 0 unspecified atom stereocenters. The van der Waals surface area contributed by atoms with E-state index in [9.17, 15) is 0 Å². The maximum atomic E-state index is 5.23. The number of hydrogen-bond donors (Lipinski definition) is 0. The molecule has 0 bridgehead atoms. The number of fused-ring (bicyclic) bond motifs is 4. The molecule has 0 N–H and O–H groups in total. The summed E-state index contributed by atoms with van der Waals surface area (Å²) in [6.45, 7) is 0. The topological polar surface area (TPSA) is 51.6 Å². The highest BCUT2D eigenvalue weighted by molar-refractivity contribution is 6.15. The van der Waals surface area contributed by atoms with Gasteiger partial charge in [-0.15, -0.1) is 0 Å². The lowest BCUT2D eigenvalue weighted by Crippen LogP contribution is -2.00. The fourth-order valence-electron chi connectivity index (χ4n) is 7.33. The Morgan fingerprint density at radius 1 is 0.278 bits per heavy atom. The second kappa shape index (κ2) is 13.4. The fraction of sp³-hybridized carbons (Fsp3) is 0. The van der Waals surface area contributed by atoms with Crippen LogP contribution >= 0.6 is 0 Å². The van der Waals surface area contributed by atoms with Gasteiger partial charge in [0.05, 0.1) is 11.2 Å². The Kier molecular flexibility index (Phi) is 7.77. The summed E-state index contributed by atoms with van der Waals surface area (Å²) in [6.07, 6.45) is 0. The number of pyridine rings is 1. The molecule has 0 saturated heterocycles. The molecule has 2 heterocycles. The first-order chi connectivity index (χ1) is 26.7. The van der Waals surface area contributed by atoms with Crippen molar-refractivity contribution >= 4 is 32.4 Å². The van der Waals surface area contributed by atoms with Crippen LogP contribution in [0.5, 0.6) is 0 Å². The Labute approximate surface area is 313 Å². The summed E-state index contributed by atoms with van der Waals surface area (Å²) in [4.78, 5) is 20.0. The summed E-state index contributed by atoms with van der Waals surface area (Å²) in [5.74, 6) is 1.94. The molecule has 0 aliphatic carbocycles. The third-order valence-electron chi connectivity index (χ3n) is 10.1. The van der Waals surface area contributed by atoms with Gasteiger partial charge in [0.15, 0.2) is 17.5 Å². The van der Waals surface area contributed by atoms with Crippen molar-refractivity contribution in [1.29, 1.82) is 0 Å². The lowest BCUT2D eigenvalue weighted by Gasteiger charge is -2.15. The first-order valence-corrected chi connectivity index (χ1v) is 18.1. The summed E-state index contributed by atoms with van der Waals surface area (Å²) in [6, 6.07) is 67.7. The van der Waals surface area contributed by atoms with Crippen LogP contribution in [0.25, 0.3) is 100 Å². The predicted molar refractivity (Wildman–Crippen MR) is 223 cm³/mol. The Morgan fingerprint density at radius 2 is 0.759 bits per heavy atom. The Hall–Kier alpha value is -7.30. The minimum Gasteiger partial charge on any atom is -0.248 e. The lowest BCUT2D eigenvalue weighted by molar-refractivity contribution is 1.07. The molecule has 54 heavy (non-hydrogen) atoms. The van der Waals surface area contributed by atoms with Crippen molar-refractivity contribution in [3.63, 3.8) is 0 Å². The van der Waals surface area contributed by atoms with Gasteiger partial charge in [0.25, 0.3) is 0 Å². The summed E-state index contributed by atoms with van der Waals surface area (Å²) < 4.78 is 0. The normalized spacial score (nSPS) is 11.3. The van der Waals surface area contributed by atoms with Gasteiger partial charge in [-0.05, 0) is 68.1 Å². The largest absolute Gasteiger partial charge is 0.248 e. The van der Waals surface area contributed by atoms with E-state index >= 15 is 0 Å². The molecule has 0 saturated carbocycles. The summed E-state index contributed by atoms with van der Waals surface area (Å²) in [5, 5.41) is 5.93. The van der Waals surface area contributed by atoms with Gasteiger partial charge in [-0.1, -0.05) is 170 Å². The van der Waals surface area contributed by atoms with Crippen LogP contribution in [0.2, 0.25) is 0 Å².